The van der Waals surface area contributed by atoms with Crippen LogP contribution in [0, 0.1) is 0 Å². The van der Waals surface area contributed by atoms with Crippen LogP contribution in [-0.2, 0) is 6.61 Å². The van der Waals surface area contributed by atoms with Crippen molar-refractivity contribution in [2.75, 3.05) is 0 Å². The van der Waals surface area contributed by atoms with Gasteiger partial charge in [-0.15, -0.1) is 11.3 Å². The normalized spacial score (nSPS) is 10.7. The summed E-state index contributed by atoms with van der Waals surface area (Å²) in [6.07, 6.45) is 3.39. The molecule has 0 radical (unpaired) electrons. The summed E-state index contributed by atoms with van der Waals surface area (Å²) in [6, 6.07) is 11.6. The number of hydrogen-bond donors (Lipinski definition) is 1. The molecule has 0 saturated heterocycles. The van der Waals surface area contributed by atoms with Crippen molar-refractivity contribution < 1.29 is 9.84 Å². The second kappa shape index (κ2) is 4.76. The molecule has 0 amide bonds. The summed E-state index contributed by atoms with van der Waals surface area (Å²) >= 11 is 1.59. The first-order valence-electron chi connectivity index (χ1n) is 5.56. The molecule has 1 aromatic carbocycles. The molecule has 2 aromatic heterocycles. The summed E-state index contributed by atoms with van der Waals surface area (Å²) in [4.78, 5) is 4.97. The van der Waals surface area contributed by atoms with Crippen LogP contribution in [-0.4, -0.2) is 10.1 Å². The van der Waals surface area contributed by atoms with Crippen molar-refractivity contribution in [3.05, 3.63) is 53.7 Å². The lowest BCUT2D eigenvalue weighted by atomic mass is 10.2. The number of ether oxygens (including phenoxy) is 1. The fourth-order valence-electron chi connectivity index (χ4n) is 1.76. The maximum atomic E-state index is 9.11. The van der Waals surface area contributed by atoms with E-state index in [0.717, 1.165) is 26.5 Å². The molecular formula is C14H11NO2S. The van der Waals surface area contributed by atoms with E-state index in [4.69, 9.17) is 9.84 Å². The Morgan fingerprint density at radius 1 is 1.17 bits per heavy atom. The number of hydrogen-bond acceptors (Lipinski definition) is 4. The number of rotatable bonds is 3. The zero-order chi connectivity index (χ0) is 12.4. The number of pyridine rings is 1. The summed E-state index contributed by atoms with van der Waals surface area (Å²) in [5.74, 6) is 1.49. The zero-order valence-electron chi connectivity index (χ0n) is 9.54. The van der Waals surface area contributed by atoms with Crippen molar-refractivity contribution >= 4 is 21.4 Å². The van der Waals surface area contributed by atoms with Gasteiger partial charge in [-0.05, 0) is 41.8 Å². The molecule has 4 heteroatoms. The van der Waals surface area contributed by atoms with Gasteiger partial charge in [-0.3, -0.25) is 4.98 Å². The van der Waals surface area contributed by atoms with Gasteiger partial charge in [-0.25, -0.2) is 0 Å². The van der Waals surface area contributed by atoms with Crippen LogP contribution in [0.1, 0.15) is 4.88 Å². The average molecular weight is 257 g/mol. The van der Waals surface area contributed by atoms with Gasteiger partial charge in [0.05, 0.1) is 12.8 Å². The number of aliphatic hydroxyl groups is 1. The highest BCUT2D eigenvalue weighted by Crippen LogP contribution is 2.30. The van der Waals surface area contributed by atoms with Gasteiger partial charge in [0.2, 0.25) is 0 Å². The minimum Gasteiger partial charge on any atom is -0.456 e. The Kier molecular flexibility index (Phi) is 2.96. The fourth-order valence-corrected chi connectivity index (χ4v) is 2.67. The monoisotopic (exact) mass is 257 g/mol. The standard InChI is InChI=1S/C14H11NO2S/c16-9-13-7-10-6-11(3-4-14(10)18-13)17-12-2-1-5-15-8-12/h1-8,16H,9H2. The molecule has 0 unspecified atom stereocenters. The molecule has 1 N–H and O–H groups in total. The molecule has 3 rings (SSSR count). The summed E-state index contributed by atoms with van der Waals surface area (Å²) in [6.45, 7) is 0.0815. The Labute approximate surface area is 108 Å². The van der Waals surface area contributed by atoms with E-state index in [1.165, 1.54) is 0 Å². The Hall–Kier alpha value is -1.91. The smallest absolute Gasteiger partial charge is 0.145 e. The lowest BCUT2D eigenvalue weighted by molar-refractivity contribution is 0.285. The minimum atomic E-state index is 0.0815. The van der Waals surface area contributed by atoms with E-state index < -0.39 is 0 Å². The highest BCUT2D eigenvalue weighted by molar-refractivity contribution is 7.19. The number of fused-ring (bicyclic) bond motifs is 1. The first-order valence-corrected chi connectivity index (χ1v) is 6.38. The summed E-state index contributed by atoms with van der Waals surface area (Å²) < 4.78 is 6.86. The molecule has 0 aliphatic heterocycles. The molecule has 0 atom stereocenters. The summed E-state index contributed by atoms with van der Waals surface area (Å²) in [5, 5.41) is 10.2. The van der Waals surface area contributed by atoms with Gasteiger partial charge in [0.15, 0.2) is 0 Å². The largest absolute Gasteiger partial charge is 0.456 e. The van der Waals surface area contributed by atoms with E-state index in [2.05, 4.69) is 4.98 Å². The van der Waals surface area contributed by atoms with Crippen LogP contribution in [0.3, 0.4) is 0 Å². The predicted octanol–water partition coefficient (Wildman–Crippen LogP) is 3.58. The number of nitrogens with zero attached hydrogens (tertiary/aromatic N) is 1. The van der Waals surface area contributed by atoms with E-state index in [1.54, 1.807) is 23.7 Å². The number of benzene rings is 1. The van der Waals surface area contributed by atoms with Gasteiger partial charge in [0.1, 0.15) is 11.5 Å². The van der Waals surface area contributed by atoms with Gasteiger partial charge >= 0.3 is 0 Å². The van der Waals surface area contributed by atoms with Crippen molar-refractivity contribution in [3.8, 4) is 11.5 Å². The second-order valence-corrected chi connectivity index (χ2v) is 5.03. The number of aliphatic hydroxyl groups excluding tert-OH is 1. The lowest BCUT2D eigenvalue weighted by Crippen LogP contribution is -1.83. The van der Waals surface area contributed by atoms with Crippen LogP contribution in [0.5, 0.6) is 11.5 Å². The third-order valence-corrected chi connectivity index (χ3v) is 3.67. The number of thiophene rings is 1. The van der Waals surface area contributed by atoms with E-state index in [0.29, 0.717) is 0 Å². The van der Waals surface area contributed by atoms with Crippen LogP contribution >= 0.6 is 11.3 Å². The molecule has 2 heterocycles. The fraction of sp³-hybridized carbons (Fsp3) is 0.0714. The van der Waals surface area contributed by atoms with E-state index in [9.17, 15) is 0 Å². The first-order chi connectivity index (χ1) is 8.85. The highest BCUT2D eigenvalue weighted by atomic mass is 32.1. The Bertz CT molecular complexity index is 664. The maximum Gasteiger partial charge on any atom is 0.145 e. The van der Waals surface area contributed by atoms with Gasteiger partial charge in [0, 0.05) is 15.8 Å². The van der Waals surface area contributed by atoms with Crippen LogP contribution in [0.4, 0.5) is 0 Å². The topological polar surface area (TPSA) is 42.4 Å². The third kappa shape index (κ3) is 2.20. The molecule has 3 aromatic rings. The van der Waals surface area contributed by atoms with Gasteiger partial charge in [-0.2, -0.15) is 0 Å². The molecular weight excluding hydrogens is 246 g/mol. The molecule has 0 fully saturated rings. The minimum absolute atomic E-state index is 0.0815. The van der Waals surface area contributed by atoms with Gasteiger partial charge < -0.3 is 9.84 Å². The van der Waals surface area contributed by atoms with Crippen LogP contribution in [0.15, 0.2) is 48.8 Å². The van der Waals surface area contributed by atoms with Crippen molar-refractivity contribution in [1.82, 2.24) is 4.98 Å². The maximum absolute atomic E-state index is 9.11. The molecule has 0 saturated carbocycles. The van der Waals surface area contributed by atoms with Crippen molar-refractivity contribution in [2.24, 2.45) is 0 Å². The molecule has 0 bridgehead atoms. The number of aromatic nitrogens is 1. The Balaban J connectivity index is 1.93. The van der Waals surface area contributed by atoms with E-state index in [-0.39, 0.29) is 6.61 Å². The molecule has 18 heavy (non-hydrogen) atoms. The first kappa shape index (κ1) is 11.2. The van der Waals surface area contributed by atoms with Crippen LogP contribution < -0.4 is 4.74 Å². The predicted molar refractivity (Wildman–Crippen MR) is 72.1 cm³/mol. The van der Waals surface area contributed by atoms with Crippen molar-refractivity contribution in [1.29, 1.82) is 0 Å². The van der Waals surface area contributed by atoms with Crippen LogP contribution in [0.25, 0.3) is 10.1 Å². The van der Waals surface area contributed by atoms with Crippen molar-refractivity contribution in [2.45, 2.75) is 6.61 Å². The average Bonchev–Trinajstić information content (AvgIpc) is 2.82. The third-order valence-electron chi connectivity index (χ3n) is 2.56. The van der Waals surface area contributed by atoms with Gasteiger partial charge in [0.25, 0.3) is 0 Å². The SMILES string of the molecule is OCc1cc2cc(Oc3cccnc3)ccc2s1. The van der Waals surface area contributed by atoms with E-state index >= 15 is 0 Å². The van der Waals surface area contributed by atoms with Crippen molar-refractivity contribution in [3.63, 3.8) is 0 Å². The molecule has 0 spiro atoms. The summed E-state index contributed by atoms with van der Waals surface area (Å²) in [7, 11) is 0. The Morgan fingerprint density at radius 3 is 2.89 bits per heavy atom. The molecule has 0 aliphatic rings. The molecule has 3 nitrogen and oxygen atoms in total. The van der Waals surface area contributed by atoms with E-state index in [1.807, 2.05) is 36.4 Å². The lowest BCUT2D eigenvalue weighted by Gasteiger charge is -2.04. The molecule has 90 valence electrons. The second-order valence-electron chi connectivity index (χ2n) is 3.86. The molecule has 0 aliphatic carbocycles. The highest BCUT2D eigenvalue weighted by Gasteiger charge is 2.03. The Morgan fingerprint density at radius 2 is 2.11 bits per heavy atom. The zero-order valence-corrected chi connectivity index (χ0v) is 10.4. The van der Waals surface area contributed by atoms with Gasteiger partial charge in [-0.1, -0.05) is 0 Å². The van der Waals surface area contributed by atoms with Crippen LogP contribution in [0.2, 0.25) is 0 Å². The quantitative estimate of drug-likeness (QED) is 0.779. The summed E-state index contributed by atoms with van der Waals surface area (Å²) in [5.41, 5.74) is 0.